The van der Waals surface area contributed by atoms with Crippen LogP contribution < -0.4 is 10.2 Å². The Morgan fingerprint density at radius 3 is 2.79 bits per heavy atom. The molecule has 19 heavy (non-hydrogen) atoms. The molecule has 2 atom stereocenters. The van der Waals surface area contributed by atoms with E-state index in [1.165, 1.54) is 0 Å². The largest absolute Gasteiger partial charge is 0.378 e. The first-order chi connectivity index (χ1) is 8.99. The molecule has 0 aliphatic carbocycles. The SMILES string of the molecule is CC1CN(C(=O)c2cccc(N(C)C)c2)C(C)CN1. The maximum atomic E-state index is 12.6. The minimum atomic E-state index is 0.129. The van der Waals surface area contributed by atoms with Crippen molar-refractivity contribution in [2.45, 2.75) is 25.9 Å². The van der Waals surface area contributed by atoms with Crippen LogP contribution in [0.3, 0.4) is 0 Å². The lowest BCUT2D eigenvalue weighted by atomic mass is 10.1. The number of hydrogen-bond acceptors (Lipinski definition) is 3. The second kappa shape index (κ2) is 5.61. The van der Waals surface area contributed by atoms with Crippen molar-refractivity contribution >= 4 is 11.6 Å². The van der Waals surface area contributed by atoms with Gasteiger partial charge in [-0.05, 0) is 32.0 Å². The average Bonchev–Trinajstić information content (AvgIpc) is 2.41. The van der Waals surface area contributed by atoms with Crippen LogP contribution in [0.2, 0.25) is 0 Å². The molecule has 2 unspecified atom stereocenters. The third kappa shape index (κ3) is 3.07. The predicted octanol–water partition coefficient (Wildman–Crippen LogP) is 1.58. The zero-order chi connectivity index (χ0) is 14.0. The zero-order valence-electron chi connectivity index (χ0n) is 12.2. The lowest BCUT2D eigenvalue weighted by Gasteiger charge is -2.37. The van der Waals surface area contributed by atoms with E-state index in [-0.39, 0.29) is 11.9 Å². The number of nitrogens with one attached hydrogen (secondary N) is 1. The van der Waals surface area contributed by atoms with Gasteiger partial charge < -0.3 is 15.1 Å². The molecule has 0 radical (unpaired) electrons. The highest BCUT2D eigenvalue weighted by atomic mass is 16.2. The Hall–Kier alpha value is -1.55. The van der Waals surface area contributed by atoms with Crippen LogP contribution >= 0.6 is 0 Å². The summed E-state index contributed by atoms with van der Waals surface area (Å²) in [6.07, 6.45) is 0. The molecule has 1 aromatic rings. The second-order valence-electron chi connectivity index (χ2n) is 5.56. The smallest absolute Gasteiger partial charge is 0.254 e. The Morgan fingerprint density at radius 2 is 2.11 bits per heavy atom. The first-order valence-electron chi connectivity index (χ1n) is 6.80. The van der Waals surface area contributed by atoms with Gasteiger partial charge in [0.2, 0.25) is 0 Å². The third-order valence-corrected chi connectivity index (χ3v) is 3.63. The highest BCUT2D eigenvalue weighted by Gasteiger charge is 2.27. The molecular weight excluding hydrogens is 238 g/mol. The number of hydrogen-bond donors (Lipinski definition) is 1. The monoisotopic (exact) mass is 261 g/mol. The molecule has 0 aromatic heterocycles. The average molecular weight is 261 g/mol. The first-order valence-corrected chi connectivity index (χ1v) is 6.80. The van der Waals surface area contributed by atoms with Gasteiger partial charge in [0.25, 0.3) is 5.91 Å². The Morgan fingerprint density at radius 1 is 1.37 bits per heavy atom. The van der Waals surface area contributed by atoms with Crippen LogP contribution in [0.15, 0.2) is 24.3 Å². The van der Waals surface area contributed by atoms with Crippen molar-refractivity contribution in [2.24, 2.45) is 0 Å². The summed E-state index contributed by atoms with van der Waals surface area (Å²) in [5.41, 5.74) is 1.83. The molecule has 1 amide bonds. The van der Waals surface area contributed by atoms with E-state index in [0.717, 1.165) is 24.3 Å². The van der Waals surface area contributed by atoms with Crippen LogP contribution in [-0.4, -0.2) is 50.1 Å². The Bertz CT molecular complexity index is 458. The van der Waals surface area contributed by atoms with E-state index in [2.05, 4.69) is 19.2 Å². The molecule has 0 bridgehead atoms. The van der Waals surface area contributed by atoms with Gasteiger partial charge in [-0.15, -0.1) is 0 Å². The van der Waals surface area contributed by atoms with Crippen molar-refractivity contribution in [2.75, 3.05) is 32.1 Å². The molecule has 1 aliphatic rings. The first kappa shape index (κ1) is 13.9. The van der Waals surface area contributed by atoms with Crippen LogP contribution in [0.5, 0.6) is 0 Å². The second-order valence-corrected chi connectivity index (χ2v) is 5.56. The molecule has 2 rings (SSSR count). The minimum Gasteiger partial charge on any atom is -0.378 e. The quantitative estimate of drug-likeness (QED) is 0.878. The summed E-state index contributed by atoms with van der Waals surface area (Å²) in [4.78, 5) is 16.6. The van der Waals surface area contributed by atoms with Crippen LogP contribution in [0, 0.1) is 0 Å². The molecule has 1 fully saturated rings. The number of benzene rings is 1. The van der Waals surface area contributed by atoms with Crippen molar-refractivity contribution < 1.29 is 4.79 Å². The fraction of sp³-hybridized carbons (Fsp3) is 0.533. The van der Waals surface area contributed by atoms with Crippen LogP contribution in [0.1, 0.15) is 24.2 Å². The van der Waals surface area contributed by atoms with E-state index in [0.29, 0.717) is 6.04 Å². The molecule has 1 aromatic carbocycles. The van der Waals surface area contributed by atoms with Gasteiger partial charge in [0, 0.05) is 50.5 Å². The molecule has 0 spiro atoms. The molecular formula is C15H23N3O. The predicted molar refractivity (Wildman–Crippen MR) is 78.7 cm³/mol. The normalized spacial score (nSPS) is 23.3. The zero-order valence-corrected chi connectivity index (χ0v) is 12.2. The van der Waals surface area contributed by atoms with E-state index in [1.54, 1.807) is 0 Å². The van der Waals surface area contributed by atoms with Gasteiger partial charge in [0.15, 0.2) is 0 Å². The van der Waals surface area contributed by atoms with E-state index in [1.807, 2.05) is 48.2 Å². The molecule has 1 N–H and O–H groups in total. The van der Waals surface area contributed by atoms with Gasteiger partial charge in [-0.2, -0.15) is 0 Å². The maximum Gasteiger partial charge on any atom is 0.254 e. The van der Waals surface area contributed by atoms with Gasteiger partial charge in [-0.25, -0.2) is 0 Å². The number of carbonyl (C=O) groups excluding carboxylic acids is 1. The highest BCUT2D eigenvalue weighted by molar-refractivity contribution is 5.95. The Balaban J connectivity index is 2.21. The fourth-order valence-corrected chi connectivity index (χ4v) is 2.39. The summed E-state index contributed by atoms with van der Waals surface area (Å²) >= 11 is 0. The van der Waals surface area contributed by atoms with Crippen molar-refractivity contribution in [1.82, 2.24) is 10.2 Å². The molecule has 1 saturated heterocycles. The van der Waals surface area contributed by atoms with Crippen LogP contribution in [0.25, 0.3) is 0 Å². The number of piperazine rings is 1. The summed E-state index contributed by atoms with van der Waals surface area (Å²) < 4.78 is 0. The lowest BCUT2D eigenvalue weighted by Crippen LogP contribution is -2.56. The van der Waals surface area contributed by atoms with Crippen molar-refractivity contribution in [3.63, 3.8) is 0 Å². The molecule has 1 heterocycles. The molecule has 104 valence electrons. The van der Waals surface area contributed by atoms with Crippen molar-refractivity contribution in [3.8, 4) is 0 Å². The summed E-state index contributed by atoms with van der Waals surface area (Å²) in [6, 6.07) is 8.42. The number of amides is 1. The number of carbonyl (C=O) groups is 1. The van der Waals surface area contributed by atoms with E-state index in [4.69, 9.17) is 0 Å². The molecule has 4 heteroatoms. The number of rotatable bonds is 2. The molecule has 0 saturated carbocycles. The summed E-state index contributed by atoms with van der Waals surface area (Å²) in [5.74, 6) is 0.129. The summed E-state index contributed by atoms with van der Waals surface area (Å²) in [7, 11) is 3.97. The van der Waals surface area contributed by atoms with Crippen molar-refractivity contribution in [3.05, 3.63) is 29.8 Å². The van der Waals surface area contributed by atoms with E-state index < -0.39 is 0 Å². The number of nitrogens with zero attached hydrogens (tertiary/aromatic N) is 2. The lowest BCUT2D eigenvalue weighted by molar-refractivity contribution is 0.0616. The van der Waals surface area contributed by atoms with Crippen LogP contribution in [-0.2, 0) is 0 Å². The topological polar surface area (TPSA) is 35.6 Å². The van der Waals surface area contributed by atoms with Crippen molar-refractivity contribution in [1.29, 1.82) is 0 Å². The third-order valence-electron chi connectivity index (χ3n) is 3.63. The van der Waals surface area contributed by atoms with Crippen LogP contribution in [0.4, 0.5) is 5.69 Å². The minimum absolute atomic E-state index is 0.129. The van der Waals surface area contributed by atoms with Gasteiger partial charge in [0.1, 0.15) is 0 Å². The Labute approximate surface area is 115 Å². The standard InChI is InChI=1S/C15H23N3O/c1-11-10-18(12(2)9-16-11)15(19)13-6-5-7-14(8-13)17(3)4/h5-8,11-12,16H,9-10H2,1-4H3. The fourth-order valence-electron chi connectivity index (χ4n) is 2.39. The Kier molecular flexibility index (Phi) is 4.10. The van der Waals surface area contributed by atoms with Gasteiger partial charge >= 0.3 is 0 Å². The van der Waals surface area contributed by atoms with Gasteiger partial charge in [-0.3, -0.25) is 4.79 Å². The number of anilines is 1. The molecule has 1 aliphatic heterocycles. The highest BCUT2D eigenvalue weighted by Crippen LogP contribution is 2.17. The van der Waals surface area contributed by atoms with E-state index in [9.17, 15) is 4.79 Å². The van der Waals surface area contributed by atoms with Gasteiger partial charge in [-0.1, -0.05) is 6.07 Å². The van der Waals surface area contributed by atoms with E-state index >= 15 is 0 Å². The molecule has 4 nitrogen and oxygen atoms in total. The maximum absolute atomic E-state index is 12.6. The van der Waals surface area contributed by atoms with Gasteiger partial charge in [0.05, 0.1) is 0 Å². The summed E-state index contributed by atoms with van der Waals surface area (Å²) in [6.45, 7) is 5.83. The summed E-state index contributed by atoms with van der Waals surface area (Å²) in [5, 5.41) is 3.40.